The molecule has 0 aliphatic carbocycles. The maximum absolute atomic E-state index is 11.5. The second kappa shape index (κ2) is 6.88. The van der Waals surface area contributed by atoms with Gasteiger partial charge >= 0.3 is 0 Å². The predicted molar refractivity (Wildman–Crippen MR) is 70.3 cm³/mol. The molecule has 1 unspecified atom stereocenters. The van der Waals surface area contributed by atoms with Crippen molar-refractivity contribution in [2.75, 3.05) is 11.9 Å². The van der Waals surface area contributed by atoms with Gasteiger partial charge in [-0.15, -0.1) is 5.10 Å². The lowest BCUT2D eigenvalue weighted by Gasteiger charge is -2.11. The maximum atomic E-state index is 11.5. The first-order valence-corrected chi connectivity index (χ1v) is 6.24. The summed E-state index contributed by atoms with van der Waals surface area (Å²) in [4.78, 5) is 15.7. The second-order valence-electron chi connectivity index (χ2n) is 4.36. The fourth-order valence-corrected chi connectivity index (χ4v) is 1.27. The summed E-state index contributed by atoms with van der Waals surface area (Å²) in [6, 6.07) is 0.219. The zero-order valence-corrected chi connectivity index (χ0v) is 11.4. The Bertz CT molecular complexity index is 407. The molecule has 0 saturated heterocycles. The molecule has 0 spiro atoms. The third-order valence-electron chi connectivity index (χ3n) is 2.75. The number of hydrogen-bond donors (Lipinski definition) is 2. The standard InChI is InChI=1S/C12H21N5O/c1-5-8(2)14-11(18)6-7-13-12-15-9(3)10(4)16-17-12/h8H,5-7H2,1-4H3,(H,14,18)(H,13,15,17). The van der Waals surface area contributed by atoms with E-state index in [4.69, 9.17) is 0 Å². The molecule has 18 heavy (non-hydrogen) atoms. The molecule has 2 N–H and O–H groups in total. The van der Waals surface area contributed by atoms with E-state index >= 15 is 0 Å². The van der Waals surface area contributed by atoms with Gasteiger partial charge in [0.2, 0.25) is 11.9 Å². The molecule has 1 aromatic rings. The van der Waals surface area contributed by atoms with Gasteiger partial charge in [-0.2, -0.15) is 5.10 Å². The van der Waals surface area contributed by atoms with E-state index in [1.807, 2.05) is 27.7 Å². The molecule has 0 aromatic carbocycles. The predicted octanol–water partition coefficient (Wildman–Crippen LogP) is 1.21. The first-order chi connectivity index (χ1) is 8.52. The van der Waals surface area contributed by atoms with Gasteiger partial charge in [-0.25, -0.2) is 4.98 Å². The summed E-state index contributed by atoms with van der Waals surface area (Å²) in [6.07, 6.45) is 1.34. The molecule has 1 heterocycles. The van der Waals surface area contributed by atoms with Crippen molar-refractivity contribution in [2.45, 2.75) is 46.6 Å². The lowest BCUT2D eigenvalue weighted by molar-refractivity contribution is -0.121. The summed E-state index contributed by atoms with van der Waals surface area (Å²) in [6.45, 7) is 8.27. The minimum absolute atomic E-state index is 0.0358. The number of carbonyl (C=O) groups is 1. The van der Waals surface area contributed by atoms with Crippen molar-refractivity contribution >= 4 is 11.9 Å². The van der Waals surface area contributed by atoms with Crippen molar-refractivity contribution in [3.63, 3.8) is 0 Å². The molecule has 0 fully saturated rings. The molecule has 0 saturated carbocycles. The summed E-state index contributed by atoms with van der Waals surface area (Å²) in [5, 5.41) is 13.8. The number of aryl methyl sites for hydroxylation is 2. The van der Waals surface area contributed by atoms with E-state index in [9.17, 15) is 4.79 Å². The molecule has 0 aliphatic rings. The molecule has 1 aromatic heterocycles. The number of rotatable bonds is 6. The Morgan fingerprint density at radius 3 is 2.61 bits per heavy atom. The first kappa shape index (κ1) is 14.3. The Kier molecular flexibility index (Phi) is 5.48. The number of hydrogen-bond acceptors (Lipinski definition) is 5. The van der Waals surface area contributed by atoms with Crippen LogP contribution in [0.5, 0.6) is 0 Å². The van der Waals surface area contributed by atoms with Crippen LogP contribution in [0.1, 0.15) is 38.1 Å². The van der Waals surface area contributed by atoms with Crippen molar-refractivity contribution < 1.29 is 4.79 Å². The zero-order chi connectivity index (χ0) is 13.5. The molecule has 6 nitrogen and oxygen atoms in total. The van der Waals surface area contributed by atoms with Crippen LogP contribution in [-0.2, 0) is 4.79 Å². The van der Waals surface area contributed by atoms with Crippen LogP contribution in [-0.4, -0.2) is 33.7 Å². The molecule has 1 atom stereocenters. The van der Waals surface area contributed by atoms with Gasteiger partial charge in [-0.3, -0.25) is 4.79 Å². The molecule has 1 rings (SSSR count). The fraction of sp³-hybridized carbons (Fsp3) is 0.667. The van der Waals surface area contributed by atoms with Crippen molar-refractivity contribution in [2.24, 2.45) is 0 Å². The van der Waals surface area contributed by atoms with Crippen LogP contribution in [0.2, 0.25) is 0 Å². The number of nitrogens with zero attached hydrogens (tertiary/aromatic N) is 3. The molecule has 6 heteroatoms. The number of amides is 1. The highest BCUT2D eigenvalue weighted by atomic mass is 16.1. The molecule has 0 bridgehead atoms. The van der Waals surface area contributed by atoms with Crippen LogP contribution in [0, 0.1) is 13.8 Å². The quantitative estimate of drug-likeness (QED) is 0.794. The lowest BCUT2D eigenvalue weighted by atomic mass is 10.2. The summed E-state index contributed by atoms with van der Waals surface area (Å²) in [5.41, 5.74) is 1.66. The minimum Gasteiger partial charge on any atom is -0.354 e. The van der Waals surface area contributed by atoms with Gasteiger partial charge in [0.1, 0.15) is 0 Å². The van der Waals surface area contributed by atoms with Crippen LogP contribution in [0.4, 0.5) is 5.95 Å². The minimum atomic E-state index is 0.0358. The summed E-state index contributed by atoms with van der Waals surface area (Å²) in [5.74, 6) is 0.503. The van der Waals surface area contributed by atoms with Crippen LogP contribution in [0.3, 0.4) is 0 Å². The molecular formula is C12H21N5O. The average Bonchev–Trinajstić information content (AvgIpc) is 2.33. The molecular weight excluding hydrogens is 230 g/mol. The van der Waals surface area contributed by atoms with Crippen LogP contribution >= 0.6 is 0 Å². The van der Waals surface area contributed by atoms with E-state index in [0.29, 0.717) is 18.9 Å². The number of aromatic nitrogens is 3. The molecule has 100 valence electrons. The summed E-state index contributed by atoms with van der Waals surface area (Å²) >= 11 is 0. The Hall–Kier alpha value is -1.72. The molecule has 1 amide bonds. The van der Waals surface area contributed by atoms with Crippen LogP contribution in [0.15, 0.2) is 0 Å². The fourth-order valence-electron chi connectivity index (χ4n) is 1.27. The summed E-state index contributed by atoms with van der Waals surface area (Å²) < 4.78 is 0. The van der Waals surface area contributed by atoms with Gasteiger partial charge in [0.15, 0.2) is 0 Å². The Morgan fingerprint density at radius 1 is 1.28 bits per heavy atom. The van der Waals surface area contributed by atoms with Gasteiger partial charge in [0.05, 0.1) is 11.4 Å². The average molecular weight is 251 g/mol. The van der Waals surface area contributed by atoms with Crippen LogP contribution in [0.25, 0.3) is 0 Å². The van der Waals surface area contributed by atoms with Gasteiger partial charge in [-0.05, 0) is 27.2 Å². The topological polar surface area (TPSA) is 79.8 Å². The first-order valence-electron chi connectivity index (χ1n) is 6.24. The van der Waals surface area contributed by atoms with Gasteiger partial charge in [0.25, 0.3) is 0 Å². The van der Waals surface area contributed by atoms with E-state index in [0.717, 1.165) is 17.8 Å². The smallest absolute Gasteiger partial charge is 0.242 e. The van der Waals surface area contributed by atoms with Gasteiger partial charge in [0, 0.05) is 19.0 Å². The Labute approximate surface area is 108 Å². The van der Waals surface area contributed by atoms with Crippen molar-refractivity contribution in [1.29, 1.82) is 0 Å². The van der Waals surface area contributed by atoms with E-state index in [-0.39, 0.29) is 11.9 Å². The highest BCUT2D eigenvalue weighted by Gasteiger charge is 2.06. The number of anilines is 1. The van der Waals surface area contributed by atoms with Crippen molar-refractivity contribution in [1.82, 2.24) is 20.5 Å². The highest BCUT2D eigenvalue weighted by Crippen LogP contribution is 2.01. The molecule has 0 radical (unpaired) electrons. The lowest BCUT2D eigenvalue weighted by Crippen LogP contribution is -2.33. The monoisotopic (exact) mass is 251 g/mol. The number of nitrogens with one attached hydrogen (secondary N) is 2. The Morgan fingerprint density at radius 2 is 2.00 bits per heavy atom. The Balaban J connectivity index is 2.33. The zero-order valence-electron chi connectivity index (χ0n) is 11.4. The summed E-state index contributed by atoms with van der Waals surface area (Å²) in [7, 11) is 0. The maximum Gasteiger partial charge on any atom is 0.242 e. The highest BCUT2D eigenvalue weighted by molar-refractivity contribution is 5.76. The van der Waals surface area contributed by atoms with E-state index in [1.54, 1.807) is 0 Å². The van der Waals surface area contributed by atoms with Crippen molar-refractivity contribution in [3.05, 3.63) is 11.4 Å². The second-order valence-corrected chi connectivity index (χ2v) is 4.36. The van der Waals surface area contributed by atoms with E-state index in [1.165, 1.54) is 0 Å². The van der Waals surface area contributed by atoms with E-state index in [2.05, 4.69) is 25.8 Å². The third-order valence-corrected chi connectivity index (χ3v) is 2.75. The van der Waals surface area contributed by atoms with Crippen LogP contribution < -0.4 is 10.6 Å². The molecule has 0 aliphatic heterocycles. The normalized spacial score (nSPS) is 12.0. The van der Waals surface area contributed by atoms with E-state index < -0.39 is 0 Å². The third kappa shape index (κ3) is 4.65. The largest absolute Gasteiger partial charge is 0.354 e. The van der Waals surface area contributed by atoms with Crippen molar-refractivity contribution in [3.8, 4) is 0 Å². The van der Waals surface area contributed by atoms with Gasteiger partial charge < -0.3 is 10.6 Å². The van der Waals surface area contributed by atoms with Gasteiger partial charge in [-0.1, -0.05) is 6.92 Å². The SMILES string of the molecule is CCC(C)NC(=O)CCNc1nnc(C)c(C)n1. The number of carbonyl (C=O) groups excluding carboxylic acids is 1.